The average Bonchev–Trinajstić information content (AvgIpc) is 3.35. The molecule has 1 aromatic heterocycles. The summed E-state index contributed by atoms with van der Waals surface area (Å²) in [6.07, 6.45) is -0.537. The fourth-order valence-corrected chi connectivity index (χ4v) is 3.71. The van der Waals surface area contributed by atoms with Gasteiger partial charge in [-0.15, -0.1) is 5.10 Å². The highest BCUT2D eigenvalue weighted by molar-refractivity contribution is 5.82. The van der Waals surface area contributed by atoms with Crippen molar-refractivity contribution < 1.29 is 13.6 Å². The Labute approximate surface area is 152 Å². The van der Waals surface area contributed by atoms with E-state index in [1.165, 1.54) is 0 Å². The number of nitrogens with zero attached hydrogens (tertiary/aromatic N) is 4. The monoisotopic (exact) mass is 367 g/mol. The van der Waals surface area contributed by atoms with Crippen molar-refractivity contribution in [2.75, 3.05) is 18.4 Å². The van der Waals surface area contributed by atoms with Crippen LogP contribution in [0.3, 0.4) is 0 Å². The van der Waals surface area contributed by atoms with Gasteiger partial charge < -0.3 is 10.2 Å². The zero-order chi connectivity index (χ0) is 19.1. The Morgan fingerprint density at radius 2 is 1.96 bits per heavy atom. The molecule has 0 spiro atoms. The zero-order valence-corrected chi connectivity index (χ0v) is 15.8. The first-order valence-corrected chi connectivity index (χ1v) is 9.32. The molecule has 2 aliphatic rings. The van der Waals surface area contributed by atoms with Crippen LogP contribution in [0.25, 0.3) is 0 Å². The van der Waals surface area contributed by atoms with E-state index in [-0.39, 0.29) is 17.4 Å². The van der Waals surface area contributed by atoms with Gasteiger partial charge in [-0.1, -0.05) is 27.7 Å². The maximum atomic E-state index is 12.8. The van der Waals surface area contributed by atoms with Gasteiger partial charge in [0, 0.05) is 30.3 Å². The van der Waals surface area contributed by atoms with Crippen molar-refractivity contribution in [1.82, 2.24) is 20.1 Å². The minimum Gasteiger partial charge on any atom is -0.348 e. The van der Waals surface area contributed by atoms with Crippen molar-refractivity contribution in [3.05, 3.63) is 11.4 Å². The van der Waals surface area contributed by atoms with Gasteiger partial charge in [-0.05, 0) is 19.3 Å². The van der Waals surface area contributed by atoms with Crippen molar-refractivity contribution in [2.45, 2.75) is 59.4 Å². The predicted molar refractivity (Wildman–Crippen MR) is 94.0 cm³/mol. The second-order valence-corrected chi connectivity index (χ2v) is 7.98. The minimum absolute atomic E-state index is 0.0471. The van der Waals surface area contributed by atoms with Crippen LogP contribution in [-0.2, 0) is 17.6 Å². The fraction of sp³-hybridized carbons (Fsp3) is 0.778. The van der Waals surface area contributed by atoms with Crippen LogP contribution in [0.15, 0.2) is 0 Å². The van der Waals surface area contributed by atoms with Crippen LogP contribution in [0.1, 0.15) is 45.5 Å². The van der Waals surface area contributed by atoms with Crippen LogP contribution in [0, 0.1) is 17.3 Å². The Morgan fingerprint density at radius 1 is 1.27 bits per heavy atom. The van der Waals surface area contributed by atoms with Crippen molar-refractivity contribution in [2.24, 2.45) is 17.3 Å². The molecule has 1 aliphatic carbocycles. The highest BCUT2D eigenvalue weighted by Crippen LogP contribution is 2.45. The molecule has 1 unspecified atom stereocenters. The molecule has 1 saturated carbocycles. The fourth-order valence-electron chi connectivity index (χ4n) is 3.71. The minimum atomic E-state index is -2.41. The molecule has 8 heteroatoms. The molecular formula is C18H27F2N5O. The zero-order valence-electron chi connectivity index (χ0n) is 15.8. The number of nitrogens with one attached hydrogen (secondary N) is 1. The Bertz CT molecular complexity index is 682. The number of hydrogen-bond donors (Lipinski definition) is 1. The SMILES string of the molecule is CCc1nnc(NC2CN(C(=O)[C@H]3C[C@@H]3C(F)F)CC2(C)C)nc1CC. The van der Waals surface area contributed by atoms with E-state index in [4.69, 9.17) is 0 Å². The molecule has 1 saturated heterocycles. The summed E-state index contributed by atoms with van der Waals surface area (Å²) in [6.45, 7) is 9.18. The quantitative estimate of drug-likeness (QED) is 0.837. The molecule has 0 bridgehead atoms. The average molecular weight is 367 g/mol. The van der Waals surface area contributed by atoms with E-state index in [0.29, 0.717) is 25.5 Å². The summed E-state index contributed by atoms with van der Waals surface area (Å²) in [7, 11) is 0. The highest BCUT2D eigenvalue weighted by atomic mass is 19.3. The lowest BCUT2D eigenvalue weighted by atomic mass is 9.88. The third-order valence-electron chi connectivity index (χ3n) is 5.55. The number of alkyl halides is 2. The second kappa shape index (κ2) is 7.04. The van der Waals surface area contributed by atoms with Crippen molar-refractivity contribution in [3.63, 3.8) is 0 Å². The van der Waals surface area contributed by atoms with Gasteiger partial charge in [0.25, 0.3) is 0 Å². The maximum Gasteiger partial charge on any atom is 0.243 e. The van der Waals surface area contributed by atoms with Crippen LogP contribution < -0.4 is 5.32 Å². The first kappa shape index (κ1) is 18.9. The smallest absolute Gasteiger partial charge is 0.243 e. The van der Waals surface area contributed by atoms with E-state index in [1.54, 1.807) is 4.90 Å². The Hall–Kier alpha value is -1.86. The standard InChI is InChI=1S/C18H27F2N5O/c1-5-12-13(6-2)23-24-17(21-12)22-14-8-25(9-18(14,3)4)16(26)11-7-10(11)15(19)20/h10-11,14-15H,5-9H2,1-4H3,(H,21,22,24)/t10-,11-,14?/m0/s1. The number of amides is 1. The third kappa shape index (κ3) is 3.64. The van der Waals surface area contributed by atoms with Crippen LogP contribution in [-0.4, -0.2) is 51.5 Å². The van der Waals surface area contributed by atoms with Crippen LogP contribution >= 0.6 is 0 Å². The molecule has 1 N–H and O–H groups in total. The predicted octanol–water partition coefficient (Wildman–Crippen LogP) is 2.55. The van der Waals surface area contributed by atoms with Crippen LogP contribution in [0.4, 0.5) is 14.7 Å². The summed E-state index contributed by atoms with van der Waals surface area (Å²) in [5.41, 5.74) is 1.61. The molecule has 3 atom stereocenters. The highest BCUT2D eigenvalue weighted by Gasteiger charge is 2.53. The van der Waals surface area contributed by atoms with E-state index in [9.17, 15) is 13.6 Å². The lowest BCUT2D eigenvalue weighted by molar-refractivity contribution is -0.132. The lowest BCUT2D eigenvalue weighted by Crippen LogP contribution is -2.35. The summed E-state index contributed by atoms with van der Waals surface area (Å²) in [6, 6.07) is -0.0471. The molecule has 0 radical (unpaired) electrons. The molecule has 6 nitrogen and oxygen atoms in total. The van der Waals surface area contributed by atoms with Crippen LogP contribution in [0.5, 0.6) is 0 Å². The van der Waals surface area contributed by atoms with Gasteiger partial charge in [-0.25, -0.2) is 13.8 Å². The summed E-state index contributed by atoms with van der Waals surface area (Å²) in [5, 5.41) is 11.7. The van der Waals surface area contributed by atoms with Gasteiger partial charge in [-0.3, -0.25) is 4.79 Å². The van der Waals surface area contributed by atoms with Gasteiger partial charge >= 0.3 is 0 Å². The van der Waals surface area contributed by atoms with E-state index in [2.05, 4.69) is 34.3 Å². The van der Waals surface area contributed by atoms with E-state index < -0.39 is 18.3 Å². The topological polar surface area (TPSA) is 71.0 Å². The maximum absolute atomic E-state index is 12.8. The van der Waals surface area contributed by atoms with Crippen molar-refractivity contribution >= 4 is 11.9 Å². The number of rotatable bonds is 6. The van der Waals surface area contributed by atoms with E-state index in [0.717, 1.165) is 24.2 Å². The van der Waals surface area contributed by atoms with E-state index in [1.807, 2.05) is 13.8 Å². The number of likely N-dealkylation sites (tertiary alicyclic amines) is 1. The number of hydrogen-bond acceptors (Lipinski definition) is 5. The number of halogens is 2. The third-order valence-corrected chi connectivity index (χ3v) is 5.55. The van der Waals surface area contributed by atoms with Gasteiger partial charge in [0.2, 0.25) is 18.3 Å². The first-order valence-electron chi connectivity index (χ1n) is 9.32. The van der Waals surface area contributed by atoms with Crippen LogP contribution in [0.2, 0.25) is 0 Å². The first-order chi connectivity index (χ1) is 12.3. The van der Waals surface area contributed by atoms with Gasteiger partial charge in [-0.2, -0.15) is 5.10 Å². The second-order valence-electron chi connectivity index (χ2n) is 7.98. The Kier molecular flexibility index (Phi) is 5.12. The van der Waals surface area contributed by atoms with Gasteiger partial charge in [0.1, 0.15) is 0 Å². The molecule has 1 aliphatic heterocycles. The van der Waals surface area contributed by atoms with Crippen molar-refractivity contribution in [3.8, 4) is 0 Å². The van der Waals surface area contributed by atoms with E-state index >= 15 is 0 Å². The normalized spacial score (nSPS) is 27.0. The molecule has 1 amide bonds. The summed E-state index contributed by atoms with van der Waals surface area (Å²) < 4.78 is 25.5. The van der Waals surface area contributed by atoms with Gasteiger partial charge in [0.05, 0.1) is 17.4 Å². The molecule has 3 rings (SSSR count). The molecular weight excluding hydrogens is 340 g/mol. The van der Waals surface area contributed by atoms with Gasteiger partial charge in [0.15, 0.2) is 0 Å². The molecule has 2 fully saturated rings. The molecule has 0 aromatic carbocycles. The Balaban J connectivity index is 1.68. The lowest BCUT2D eigenvalue weighted by Gasteiger charge is -2.26. The molecule has 1 aromatic rings. The largest absolute Gasteiger partial charge is 0.348 e. The summed E-state index contributed by atoms with van der Waals surface area (Å²) in [4.78, 5) is 18.8. The molecule has 144 valence electrons. The molecule has 2 heterocycles. The number of carbonyl (C=O) groups excluding carboxylic acids is 1. The number of anilines is 1. The molecule has 26 heavy (non-hydrogen) atoms. The number of aryl methyl sites for hydroxylation is 2. The van der Waals surface area contributed by atoms with Crippen molar-refractivity contribution in [1.29, 1.82) is 0 Å². The summed E-state index contributed by atoms with van der Waals surface area (Å²) in [5.74, 6) is -0.970. The number of aromatic nitrogens is 3. The Morgan fingerprint density at radius 3 is 2.54 bits per heavy atom. The summed E-state index contributed by atoms with van der Waals surface area (Å²) >= 11 is 0. The number of carbonyl (C=O) groups is 1.